The average molecular weight is 299 g/mol. The van der Waals surface area contributed by atoms with Crippen molar-refractivity contribution in [2.24, 2.45) is 10.8 Å². The van der Waals surface area contributed by atoms with E-state index in [0.717, 1.165) is 16.9 Å². The number of hydrogen-bond donors (Lipinski definition) is 2. The maximum Gasteiger partial charge on any atom is 0.184 e. The molecule has 0 aliphatic carbocycles. The maximum atomic E-state index is 5.88. The summed E-state index contributed by atoms with van der Waals surface area (Å²) in [5.74, 6) is 0.759. The van der Waals surface area contributed by atoms with Gasteiger partial charge < -0.3 is 10.5 Å². The summed E-state index contributed by atoms with van der Waals surface area (Å²) in [6.45, 7) is 2.58. The molecule has 0 saturated heterocycles. The van der Waals surface area contributed by atoms with Crippen LogP contribution in [0.5, 0.6) is 5.75 Å². The van der Waals surface area contributed by atoms with Crippen LogP contribution in [-0.2, 0) is 6.61 Å². The molecule has 0 aromatic heterocycles. The predicted octanol–water partition coefficient (Wildman–Crippen LogP) is 2.74. The summed E-state index contributed by atoms with van der Waals surface area (Å²) in [4.78, 5) is 0. The van der Waals surface area contributed by atoms with Crippen LogP contribution in [-0.4, -0.2) is 11.3 Å². The van der Waals surface area contributed by atoms with E-state index in [-0.39, 0.29) is 5.11 Å². The summed E-state index contributed by atoms with van der Waals surface area (Å²) >= 11 is 4.69. The van der Waals surface area contributed by atoms with E-state index in [4.69, 9.17) is 22.7 Å². The van der Waals surface area contributed by atoms with Crippen LogP contribution in [0.2, 0.25) is 0 Å². The van der Waals surface area contributed by atoms with Crippen molar-refractivity contribution in [3.05, 3.63) is 65.2 Å². The number of nitrogens with zero attached hydrogens (tertiary/aromatic N) is 1. The van der Waals surface area contributed by atoms with Crippen molar-refractivity contribution >= 4 is 23.5 Å². The molecule has 0 amide bonds. The molecule has 21 heavy (non-hydrogen) atoms. The summed E-state index contributed by atoms with van der Waals surface area (Å²) in [7, 11) is 0. The lowest BCUT2D eigenvalue weighted by molar-refractivity contribution is 0.305. The summed E-state index contributed by atoms with van der Waals surface area (Å²) < 4.78 is 5.88. The largest absolute Gasteiger partial charge is 0.488 e. The van der Waals surface area contributed by atoms with Crippen LogP contribution in [0.25, 0.3) is 0 Å². The molecule has 0 radical (unpaired) electrons. The van der Waals surface area contributed by atoms with Crippen LogP contribution in [0.4, 0.5) is 0 Å². The number of thiocarbonyl (C=S) groups is 1. The summed E-state index contributed by atoms with van der Waals surface area (Å²) in [5.41, 5.74) is 11.1. The number of para-hydroxylation sites is 1. The molecule has 2 rings (SSSR count). The van der Waals surface area contributed by atoms with Gasteiger partial charge in [0.15, 0.2) is 5.11 Å². The van der Waals surface area contributed by atoms with Crippen molar-refractivity contribution in [2.75, 3.05) is 0 Å². The van der Waals surface area contributed by atoms with Crippen LogP contribution in [0.15, 0.2) is 53.6 Å². The highest BCUT2D eigenvalue weighted by atomic mass is 32.1. The molecule has 108 valence electrons. The van der Waals surface area contributed by atoms with Gasteiger partial charge in [-0.05, 0) is 42.4 Å². The van der Waals surface area contributed by atoms with E-state index < -0.39 is 0 Å². The van der Waals surface area contributed by atoms with Gasteiger partial charge in [-0.3, -0.25) is 5.43 Å². The zero-order valence-corrected chi connectivity index (χ0v) is 12.6. The average Bonchev–Trinajstić information content (AvgIpc) is 2.47. The highest BCUT2D eigenvalue weighted by molar-refractivity contribution is 7.80. The monoisotopic (exact) mass is 299 g/mol. The van der Waals surface area contributed by atoms with Gasteiger partial charge in [-0.25, -0.2) is 0 Å². The molecule has 0 unspecified atom stereocenters. The molecule has 2 aromatic rings. The molecule has 0 aliphatic rings. The highest BCUT2D eigenvalue weighted by Crippen LogP contribution is 2.18. The predicted molar refractivity (Wildman–Crippen MR) is 89.5 cm³/mol. The summed E-state index contributed by atoms with van der Waals surface area (Å²) in [5, 5.41) is 4.08. The van der Waals surface area contributed by atoms with Gasteiger partial charge >= 0.3 is 0 Å². The first-order chi connectivity index (χ1) is 10.2. The van der Waals surface area contributed by atoms with E-state index in [1.165, 1.54) is 5.56 Å². The minimum atomic E-state index is 0.129. The van der Waals surface area contributed by atoms with Crippen molar-refractivity contribution < 1.29 is 4.74 Å². The Hall–Kier alpha value is -2.40. The molecular formula is C16H17N3OS. The third-order valence-corrected chi connectivity index (χ3v) is 3.03. The van der Waals surface area contributed by atoms with Gasteiger partial charge in [0.1, 0.15) is 12.4 Å². The minimum Gasteiger partial charge on any atom is -0.488 e. The maximum absolute atomic E-state index is 5.88. The van der Waals surface area contributed by atoms with Crippen LogP contribution in [0, 0.1) is 6.92 Å². The molecule has 0 saturated carbocycles. The Morgan fingerprint density at radius 3 is 2.71 bits per heavy atom. The molecule has 0 bridgehead atoms. The fraction of sp³-hybridized carbons (Fsp3) is 0.125. The second kappa shape index (κ2) is 7.40. The Morgan fingerprint density at radius 1 is 1.24 bits per heavy atom. The molecule has 4 nitrogen and oxygen atoms in total. The molecule has 3 N–H and O–H groups in total. The van der Waals surface area contributed by atoms with Crippen LogP contribution < -0.4 is 15.9 Å². The third-order valence-electron chi connectivity index (χ3n) is 2.94. The minimum absolute atomic E-state index is 0.129. The van der Waals surface area contributed by atoms with Crippen molar-refractivity contribution in [3.63, 3.8) is 0 Å². The lowest BCUT2D eigenvalue weighted by atomic mass is 10.1. The number of ether oxygens (including phenoxy) is 1. The standard InChI is InChI=1S/C16H17N3OS/c1-12-6-2-3-8-14(12)11-20-15-9-5-4-7-13(15)10-18-19-16(17)21/h2-10H,11H2,1H3,(H3,17,19,21)/b18-10-. The first-order valence-electron chi connectivity index (χ1n) is 6.51. The third kappa shape index (κ3) is 4.57. The zero-order valence-electron chi connectivity index (χ0n) is 11.7. The van der Waals surface area contributed by atoms with E-state index >= 15 is 0 Å². The van der Waals surface area contributed by atoms with E-state index in [0.29, 0.717) is 6.61 Å². The lowest BCUT2D eigenvalue weighted by Gasteiger charge is -2.10. The Labute approximate surface area is 129 Å². The molecule has 0 atom stereocenters. The number of nitrogens with two attached hydrogens (primary N) is 1. The molecular weight excluding hydrogens is 282 g/mol. The van der Waals surface area contributed by atoms with E-state index in [1.807, 2.05) is 36.4 Å². The zero-order chi connectivity index (χ0) is 15.1. The lowest BCUT2D eigenvalue weighted by Crippen LogP contribution is -2.24. The molecule has 0 spiro atoms. The molecule has 2 aromatic carbocycles. The van der Waals surface area contributed by atoms with Crippen molar-refractivity contribution in [1.29, 1.82) is 0 Å². The normalized spacial score (nSPS) is 10.5. The van der Waals surface area contributed by atoms with Gasteiger partial charge in [0, 0.05) is 5.56 Å². The Balaban J connectivity index is 2.08. The van der Waals surface area contributed by atoms with E-state index in [2.05, 4.69) is 29.6 Å². The first kappa shape index (κ1) is 15.0. The van der Waals surface area contributed by atoms with Crippen molar-refractivity contribution in [2.45, 2.75) is 13.5 Å². The number of hydrogen-bond acceptors (Lipinski definition) is 3. The van der Waals surface area contributed by atoms with Crippen LogP contribution >= 0.6 is 12.2 Å². The highest BCUT2D eigenvalue weighted by Gasteiger charge is 2.02. The quantitative estimate of drug-likeness (QED) is 0.506. The van der Waals surface area contributed by atoms with Crippen molar-refractivity contribution in [3.8, 4) is 5.75 Å². The second-order valence-electron chi connectivity index (χ2n) is 4.49. The summed E-state index contributed by atoms with van der Waals surface area (Å²) in [6, 6.07) is 15.8. The van der Waals surface area contributed by atoms with Crippen LogP contribution in [0.1, 0.15) is 16.7 Å². The van der Waals surface area contributed by atoms with Crippen molar-refractivity contribution in [1.82, 2.24) is 5.43 Å². The van der Waals surface area contributed by atoms with Gasteiger partial charge in [0.05, 0.1) is 6.21 Å². The number of benzene rings is 2. The van der Waals surface area contributed by atoms with E-state index in [9.17, 15) is 0 Å². The van der Waals surface area contributed by atoms with Gasteiger partial charge in [-0.2, -0.15) is 5.10 Å². The Bertz CT molecular complexity index is 655. The fourth-order valence-corrected chi connectivity index (χ4v) is 1.86. The fourth-order valence-electron chi connectivity index (χ4n) is 1.81. The number of rotatable bonds is 5. The van der Waals surface area contributed by atoms with Gasteiger partial charge in [-0.1, -0.05) is 36.4 Å². The molecule has 0 fully saturated rings. The smallest absolute Gasteiger partial charge is 0.184 e. The first-order valence-corrected chi connectivity index (χ1v) is 6.92. The Morgan fingerprint density at radius 2 is 1.95 bits per heavy atom. The van der Waals surface area contributed by atoms with Crippen LogP contribution in [0.3, 0.4) is 0 Å². The topological polar surface area (TPSA) is 59.6 Å². The Kier molecular flexibility index (Phi) is 5.29. The van der Waals surface area contributed by atoms with Gasteiger partial charge in [-0.15, -0.1) is 0 Å². The van der Waals surface area contributed by atoms with Gasteiger partial charge in [0.25, 0.3) is 0 Å². The van der Waals surface area contributed by atoms with Gasteiger partial charge in [0.2, 0.25) is 0 Å². The van der Waals surface area contributed by atoms with E-state index in [1.54, 1.807) is 6.21 Å². The number of nitrogens with one attached hydrogen (secondary N) is 1. The molecule has 0 heterocycles. The number of hydrazone groups is 1. The second-order valence-corrected chi connectivity index (χ2v) is 4.93. The SMILES string of the molecule is Cc1ccccc1COc1ccccc1/C=N\NC(N)=S. The number of aryl methyl sites for hydroxylation is 1. The molecule has 0 aliphatic heterocycles. The summed E-state index contributed by atoms with van der Waals surface area (Å²) in [6.07, 6.45) is 1.63. The molecule has 5 heteroatoms.